The maximum absolute atomic E-state index is 11.6. The molecule has 0 N–H and O–H groups in total. The Morgan fingerprint density at radius 2 is 1.78 bits per heavy atom. The van der Waals surface area contributed by atoms with Gasteiger partial charge in [0.25, 0.3) is 0 Å². The van der Waals surface area contributed by atoms with Crippen LogP contribution in [0.5, 0.6) is 0 Å². The zero-order valence-electron chi connectivity index (χ0n) is 12.2. The highest BCUT2D eigenvalue weighted by Gasteiger charge is 2.35. The van der Waals surface area contributed by atoms with Crippen LogP contribution in [0, 0.1) is 11.3 Å². The maximum Gasteiger partial charge on any atom is 0.127 e. The topological polar surface area (TPSA) is 20.3 Å². The van der Waals surface area contributed by atoms with E-state index in [0.29, 0.717) is 6.04 Å². The Balaban J connectivity index is 1.95. The maximum atomic E-state index is 11.6. The molecule has 0 amide bonds. The van der Waals surface area contributed by atoms with Gasteiger partial charge in [-0.3, -0.25) is 0 Å². The fraction of sp³-hybridized carbons (Fsp3) is 0.938. The molecule has 2 aliphatic rings. The highest BCUT2D eigenvalue weighted by atomic mass is 16.1. The van der Waals surface area contributed by atoms with Gasteiger partial charge in [0.1, 0.15) is 6.29 Å². The van der Waals surface area contributed by atoms with E-state index in [4.69, 9.17) is 0 Å². The fourth-order valence-electron chi connectivity index (χ4n) is 4.13. The summed E-state index contributed by atoms with van der Waals surface area (Å²) in [5, 5.41) is 0. The summed E-state index contributed by atoms with van der Waals surface area (Å²) in [6, 6.07) is 0.706. The molecule has 0 spiro atoms. The molecule has 0 aromatic rings. The van der Waals surface area contributed by atoms with Gasteiger partial charge in [-0.25, -0.2) is 0 Å². The molecule has 0 radical (unpaired) electrons. The predicted molar refractivity (Wildman–Crippen MR) is 75.6 cm³/mol. The minimum absolute atomic E-state index is 0.0236. The molecule has 2 unspecified atom stereocenters. The van der Waals surface area contributed by atoms with Crippen molar-refractivity contribution >= 4 is 6.29 Å². The predicted octanol–water partition coefficient (Wildman–Crippen LogP) is 3.65. The van der Waals surface area contributed by atoms with E-state index >= 15 is 0 Å². The third-order valence-electron chi connectivity index (χ3n) is 5.30. The molecule has 2 atom stereocenters. The summed E-state index contributed by atoms with van der Waals surface area (Å²) in [6.07, 6.45) is 12.8. The first-order valence-corrected chi connectivity index (χ1v) is 7.83. The van der Waals surface area contributed by atoms with Gasteiger partial charge in [0, 0.05) is 18.0 Å². The van der Waals surface area contributed by atoms with Crippen molar-refractivity contribution in [2.24, 2.45) is 11.3 Å². The van der Waals surface area contributed by atoms with Crippen LogP contribution in [0.25, 0.3) is 0 Å². The molecular weight excluding hydrogens is 222 g/mol. The lowest BCUT2D eigenvalue weighted by molar-refractivity contribution is -0.119. The fourth-order valence-corrected chi connectivity index (χ4v) is 4.13. The van der Waals surface area contributed by atoms with Gasteiger partial charge in [-0.05, 0) is 38.6 Å². The Hall–Kier alpha value is -0.370. The first kappa shape index (κ1) is 14.0. The molecule has 2 heteroatoms. The lowest BCUT2D eigenvalue weighted by atomic mass is 9.74. The molecule has 2 rings (SSSR count). The number of hydrogen-bond acceptors (Lipinski definition) is 2. The van der Waals surface area contributed by atoms with Gasteiger partial charge in [-0.15, -0.1) is 0 Å². The van der Waals surface area contributed by atoms with E-state index in [1.807, 2.05) is 0 Å². The third-order valence-corrected chi connectivity index (χ3v) is 5.30. The highest BCUT2D eigenvalue weighted by Crippen LogP contribution is 2.37. The van der Waals surface area contributed by atoms with Crippen molar-refractivity contribution in [3.8, 4) is 0 Å². The monoisotopic (exact) mass is 251 g/mol. The molecule has 0 aromatic heterocycles. The van der Waals surface area contributed by atoms with Gasteiger partial charge >= 0.3 is 0 Å². The molecule has 104 valence electrons. The Morgan fingerprint density at radius 3 is 2.39 bits per heavy atom. The van der Waals surface area contributed by atoms with Gasteiger partial charge in [0.15, 0.2) is 0 Å². The van der Waals surface area contributed by atoms with E-state index in [-0.39, 0.29) is 5.41 Å². The Morgan fingerprint density at radius 1 is 1.11 bits per heavy atom. The molecule has 0 aliphatic heterocycles. The average molecular weight is 251 g/mol. The van der Waals surface area contributed by atoms with Crippen LogP contribution >= 0.6 is 0 Å². The second kappa shape index (κ2) is 6.18. The molecule has 2 fully saturated rings. The molecular formula is C16H29NO. The molecule has 2 saturated carbocycles. The van der Waals surface area contributed by atoms with Crippen molar-refractivity contribution in [3.63, 3.8) is 0 Å². The molecule has 0 heterocycles. The number of carbonyl (C=O) groups is 1. The van der Waals surface area contributed by atoms with Crippen molar-refractivity contribution in [1.82, 2.24) is 4.90 Å². The zero-order chi connectivity index (χ0) is 13.0. The summed E-state index contributed by atoms with van der Waals surface area (Å²) >= 11 is 0. The van der Waals surface area contributed by atoms with Crippen LogP contribution < -0.4 is 0 Å². The normalized spacial score (nSPS) is 32.4. The van der Waals surface area contributed by atoms with Crippen molar-refractivity contribution in [1.29, 1.82) is 0 Å². The smallest absolute Gasteiger partial charge is 0.127 e. The average Bonchev–Trinajstić information content (AvgIpc) is 2.40. The highest BCUT2D eigenvalue weighted by molar-refractivity contribution is 5.60. The number of hydrogen-bond donors (Lipinski definition) is 0. The third kappa shape index (κ3) is 3.14. The van der Waals surface area contributed by atoms with Crippen LogP contribution in [-0.2, 0) is 4.79 Å². The van der Waals surface area contributed by atoms with Crippen LogP contribution in [-0.4, -0.2) is 30.8 Å². The Labute approximate surface area is 112 Å². The first-order chi connectivity index (χ1) is 8.67. The zero-order valence-corrected chi connectivity index (χ0v) is 12.2. The number of rotatable bonds is 4. The van der Waals surface area contributed by atoms with E-state index < -0.39 is 0 Å². The van der Waals surface area contributed by atoms with Gasteiger partial charge in [0.2, 0.25) is 0 Å². The van der Waals surface area contributed by atoms with Crippen molar-refractivity contribution in [2.75, 3.05) is 13.6 Å². The SMILES string of the molecule is CC1CCCCC1N(C)CC1(C=O)CCCCC1. The van der Waals surface area contributed by atoms with E-state index in [1.165, 1.54) is 51.2 Å². The van der Waals surface area contributed by atoms with E-state index in [1.54, 1.807) is 0 Å². The molecule has 0 aromatic carbocycles. The molecule has 0 saturated heterocycles. The largest absolute Gasteiger partial charge is 0.303 e. The van der Waals surface area contributed by atoms with Crippen LogP contribution in [0.2, 0.25) is 0 Å². The van der Waals surface area contributed by atoms with Crippen molar-refractivity contribution in [3.05, 3.63) is 0 Å². The molecule has 2 aliphatic carbocycles. The second-order valence-electron chi connectivity index (χ2n) is 6.79. The lowest BCUT2D eigenvalue weighted by Gasteiger charge is -2.42. The Kier molecular flexibility index (Phi) is 4.83. The van der Waals surface area contributed by atoms with E-state index in [0.717, 1.165) is 25.3 Å². The Bertz CT molecular complexity index is 270. The summed E-state index contributed by atoms with van der Waals surface area (Å²) in [7, 11) is 2.24. The summed E-state index contributed by atoms with van der Waals surface area (Å²) in [5.41, 5.74) is -0.0236. The minimum atomic E-state index is -0.0236. The van der Waals surface area contributed by atoms with Gasteiger partial charge in [-0.1, -0.05) is 39.0 Å². The number of nitrogens with zero attached hydrogens (tertiary/aromatic N) is 1. The summed E-state index contributed by atoms with van der Waals surface area (Å²) in [5.74, 6) is 0.802. The summed E-state index contributed by atoms with van der Waals surface area (Å²) in [6.45, 7) is 3.38. The van der Waals surface area contributed by atoms with E-state index in [2.05, 4.69) is 18.9 Å². The molecule has 0 bridgehead atoms. The van der Waals surface area contributed by atoms with Crippen LogP contribution in [0.3, 0.4) is 0 Å². The quantitative estimate of drug-likeness (QED) is 0.711. The number of carbonyl (C=O) groups excluding carboxylic acids is 1. The van der Waals surface area contributed by atoms with Gasteiger partial charge in [0.05, 0.1) is 0 Å². The van der Waals surface area contributed by atoms with Crippen molar-refractivity contribution in [2.45, 2.75) is 70.8 Å². The molecule has 18 heavy (non-hydrogen) atoms. The second-order valence-corrected chi connectivity index (χ2v) is 6.79. The summed E-state index contributed by atoms with van der Waals surface area (Å²) in [4.78, 5) is 14.1. The van der Waals surface area contributed by atoms with Crippen LogP contribution in [0.4, 0.5) is 0 Å². The van der Waals surface area contributed by atoms with Crippen LogP contribution in [0.1, 0.15) is 64.7 Å². The van der Waals surface area contributed by atoms with Gasteiger partial charge in [-0.2, -0.15) is 0 Å². The van der Waals surface area contributed by atoms with Crippen LogP contribution in [0.15, 0.2) is 0 Å². The van der Waals surface area contributed by atoms with Crippen molar-refractivity contribution < 1.29 is 4.79 Å². The first-order valence-electron chi connectivity index (χ1n) is 7.83. The standard InChI is InChI=1S/C16H29NO/c1-14-8-4-5-9-15(14)17(2)12-16(13-18)10-6-3-7-11-16/h13-15H,3-12H2,1-2H3. The van der Waals surface area contributed by atoms with Gasteiger partial charge < -0.3 is 9.69 Å². The lowest BCUT2D eigenvalue weighted by Crippen LogP contribution is -2.46. The minimum Gasteiger partial charge on any atom is -0.303 e. The number of aldehydes is 1. The molecule has 2 nitrogen and oxygen atoms in total. The summed E-state index contributed by atoms with van der Waals surface area (Å²) < 4.78 is 0. The van der Waals surface area contributed by atoms with E-state index in [9.17, 15) is 4.79 Å².